The minimum absolute atomic E-state index is 0.150. The molecule has 1 aromatic heterocycles. The molecule has 18 heavy (non-hydrogen) atoms. The van der Waals surface area contributed by atoms with Crippen LogP contribution in [-0.2, 0) is 0 Å². The van der Waals surface area contributed by atoms with E-state index in [9.17, 15) is 5.11 Å². The summed E-state index contributed by atoms with van der Waals surface area (Å²) < 4.78 is 5.86. The normalized spacial score (nSPS) is 31.2. The van der Waals surface area contributed by atoms with E-state index >= 15 is 0 Å². The quantitative estimate of drug-likeness (QED) is 0.836. The van der Waals surface area contributed by atoms with Gasteiger partial charge in [-0.1, -0.05) is 12.1 Å². The van der Waals surface area contributed by atoms with Crippen molar-refractivity contribution in [2.75, 3.05) is 4.90 Å². The second-order valence-electron chi connectivity index (χ2n) is 5.38. The summed E-state index contributed by atoms with van der Waals surface area (Å²) in [7, 11) is 0. The molecule has 2 saturated heterocycles. The zero-order valence-corrected chi connectivity index (χ0v) is 10.1. The van der Waals surface area contributed by atoms with Crippen LogP contribution in [0.5, 0.6) is 0 Å². The minimum atomic E-state index is -0.150. The summed E-state index contributed by atoms with van der Waals surface area (Å²) in [6.07, 6.45) is 3.81. The van der Waals surface area contributed by atoms with Gasteiger partial charge in [-0.05, 0) is 37.8 Å². The Hall–Kier alpha value is -1.55. The standard InChI is InChI=1S/C14H16N2O2/c17-11-7-9-5-6-10(8-11)16(9)14-15-12-3-1-2-4-13(12)18-14/h1-4,9-11,17H,5-8H2. The number of para-hydroxylation sites is 2. The highest BCUT2D eigenvalue weighted by atomic mass is 16.4. The SMILES string of the molecule is OC1CC2CCC(C1)N2c1nc2ccccc2o1. The number of hydrogen-bond acceptors (Lipinski definition) is 4. The number of nitrogens with zero attached hydrogens (tertiary/aromatic N) is 2. The van der Waals surface area contributed by atoms with Gasteiger partial charge in [-0.3, -0.25) is 0 Å². The molecule has 94 valence electrons. The Labute approximate surface area is 105 Å². The molecule has 4 rings (SSSR count). The largest absolute Gasteiger partial charge is 0.423 e. The van der Waals surface area contributed by atoms with Crippen LogP contribution in [-0.4, -0.2) is 28.3 Å². The molecule has 4 heteroatoms. The van der Waals surface area contributed by atoms with Gasteiger partial charge in [0.15, 0.2) is 5.58 Å². The molecule has 0 aliphatic carbocycles. The van der Waals surface area contributed by atoms with Crippen LogP contribution < -0.4 is 4.90 Å². The Bertz CT molecular complexity index is 533. The number of anilines is 1. The van der Waals surface area contributed by atoms with Crippen molar-refractivity contribution in [1.29, 1.82) is 0 Å². The summed E-state index contributed by atoms with van der Waals surface area (Å²) in [5.41, 5.74) is 1.76. The van der Waals surface area contributed by atoms with Crippen molar-refractivity contribution in [2.24, 2.45) is 0 Å². The first kappa shape index (κ1) is 10.4. The van der Waals surface area contributed by atoms with E-state index in [2.05, 4.69) is 9.88 Å². The molecule has 0 amide bonds. The van der Waals surface area contributed by atoms with Gasteiger partial charge in [0.25, 0.3) is 6.01 Å². The summed E-state index contributed by atoms with van der Waals surface area (Å²) in [6.45, 7) is 0. The van der Waals surface area contributed by atoms with Gasteiger partial charge >= 0.3 is 0 Å². The number of aromatic nitrogens is 1. The molecule has 0 radical (unpaired) electrons. The monoisotopic (exact) mass is 244 g/mol. The van der Waals surface area contributed by atoms with Crippen LogP contribution in [0.3, 0.4) is 0 Å². The molecule has 2 fully saturated rings. The second kappa shape index (κ2) is 3.72. The van der Waals surface area contributed by atoms with E-state index in [4.69, 9.17) is 4.42 Å². The maximum Gasteiger partial charge on any atom is 0.298 e. The molecule has 2 unspecified atom stereocenters. The fraction of sp³-hybridized carbons (Fsp3) is 0.500. The first-order valence-electron chi connectivity index (χ1n) is 6.63. The second-order valence-corrected chi connectivity index (χ2v) is 5.38. The number of aliphatic hydroxyl groups excluding tert-OH is 1. The van der Waals surface area contributed by atoms with Gasteiger partial charge < -0.3 is 14.4 Å². The Kier molecular flexibility index (Phi) is 2.14. The highest BCUT2D eigenvalue weighted by molar-refractivity contribution is 5.74. The summed E-state index contributed by atoms with van der Waals surface area (Å²) in [5, 5.41) is 9.82. The number of aliphatic hydroxyl groups is 1. The smallest absolute Gasteiger partial charge is 0.298 e. The van der Waals surface area contributed by atoms with Crippen molar-refractivity contribution in [3.05, 3.63) is 24.3 Å². The van der Waals surface area contributed by atoms with Crippen LogP contribution in [0.1, 0.15) is 25.7 Å². The maximum absolute atomic E-state index is 9.82. The fourth-order valence-electron chi connectivity index (χ4n) is 3.43. The molecule has 0 saturated carbocycles. The van der Waals surface area contributed by atoms with Crippen LogP contribution in [0.25, 0.3) is 11.1 Å². The number of hydrogen-bond donors (Lipinski definition) is 1. The lowest BCUT2D eigenvalue weighted by Crippen LogP contribution is -2.44. The van der Waals surface area contributed by atoms with E-state index in [0.717, 1.165) is 42.8 Å². The van der Waals surface area contributed by atoms with E-state index in [1.807, 2.05) is 24.3 Å². The zero-order chi connectivity index (χ0) is 12.1. The van der Waals surface area contributed by atoms with Gasteiger partial charge in [0.05, 0.1) is 6.10 Å². The molecule has 0 spiro atoms. The van der Waals surface area contributed by atoms with Crippen molar-refractivity contribution in [1.82, 2.24) is 4.98 Å². The predicted octanol–water partition coefficient (Wildman–Crippen LogP) is 2.32. The first-order valence-corrected chi connectivity index (χ1v) is 6.63. The Morgan fingerprint density at radius 3 is 2.61 bits per heavy atom. The zero-order valence-electron chi connectivity index (χ0n) is 10.1. The molecule has 2 aliphatic heterocycles. The molecule has 3 heterocycles. The van der Waals surface area contributed by atoms with E-state index in [-0.39, 0.29) is 6.10 Å². The van der Waals surface area contributed by atoms with Crippen molar-refractivity contribution >= 4 is 17.1 Å². The number of fused-ring (bicyclic) bond motifs is 3. The van der Waals surface area contributed by atoms with Gasteiger partial charge in [0, 0.05) is 12.1 Å². The molecule has 2 atom stereocenters. The van der Waals surface area contributed by atoms with Crippen molar-refractivity contribution in [2.45, 2.75) is 43.9 Å². The molecule has 1 N–H and O–H groups in total. The molecule has 2 aliphatic rings. The fourth-order valence-corrected chi connectivity index (χ4v) is 3.43. The van der Waals surface area contributed by atoms with Crippen molar-refractivity contribution in [3.8, 4) is 0 Å². The lowest BCUT2D eigenvalue weighted by molar-refractivity contribution is 0.124. The number of rotatable bonds is 1. The summed E-state index contributed by atoms with van der Waals surface area (Å²) in [5.74, 6) is 0. The van der Waals surface area contributed by atoms with E-state index in [0.29, 0.717) is 12.1 Å². The van der Waals surface area contributed by atoms with Gasteiger partial charge in [-0.15, -0.1) is 0 Å². The molecule has 4 nitrogen and oxygen atoms in total. The predicted molar refractivity (Wildman–Crippen MR) is 68.5 cm³/mol. The van der Waals surface area contributed by atoms with Crippen LogP contribution in [0.4, 0.5) is 6.01 Å². The van der Waals surface area contributed by atoms with Crippen LogP contribution in [0.15, 0.2) is 28.7 Å². The third-order valence-corrected chi connectivity index (χ3v) is 4.21. The average Bonchev–Trinajstić information content (AvgIpc) is 2.88. The Balaban J connectivity index is 1.74. The van der Waals surface area contributed by atoms with E-state index in [1.165, 1.54) is 0 Å². The van der Waals surface area contributed by atoms with Crippen LogP contribution >= 0.6 is 0 Å². The molecular formula is C14H16N2O2. The van der Waals surface area contributed by atoms with Gasteiger partial charge in [-0.2, -0.15) is 4.98 Å². The van der Waals surface area contributed by atoms with E-state index in [1.54, 1.807) is 0 Å². The lowest BCUT2D eigenvalue weighted by atomic mass is 10.0. The summed E-state index contributed by atoms with van der Waals surface area (Å²) in [6, 6.07) is 9.39. The van der Waals surface area contributed by atoms with Gasteiger partial charge in [-0.25, -0.2) is 0 Å². The highest BCUT2D eigenvalue weighted by Gasteiger charge is 2.42. The third-order valence-electron chi connectivity index (χ3n) is 4.21. The highest BCUT2D eigenvalue weighted by Crippen LogP contribution is 2.39. The summed E-state index contributed by atoms with van der Waals surface area (Å²) in [4.78, 5) is 6.86. The summed E-state index contributed by atoms with van der Waals surface area (Å²) >= 11 is 0. The molecule has 2 aromatic rings. The van der Waals surface area contributed by atoms with Crippen LogP contribution in [0.2, 0.25) is 0 Å². The minimum Gasteiger partial charge on any atom is -0.423 e. The molecule has 1 aromatic carbocycles. The van der Waals surface area contributed by atoms with Gasteiger partial charge in [0.1, 0.15) is 5.52 Å². The van der Waals surface area contributed by atoms with E-state index < -0.39 is 0 Å². The number of benzene rings is 1. The lowest BCUT2D eigenvalue weighted by Gasteiger charge is -2.35. The maximum atomic E-state index is 9.82. The van der Waals surface area contributed by atoms with Crippen molar-refractivity contribution in [3.63, 3.8) is 0 Å². The third kappa shape index (κ3) is 1.45. The molecule has 2 bridgehead atoms. The Morgan fingerprint density at radius 2 is 1.89 bits per heavy atom. The van der Waals surface area contributed by atoms with Crippen LogP contribution in [0, 0.1) is 0 Å². The molecular weight excluding hydrogens is 228 g/mol. The Morgan fingerprint density at radius 1 is 1.17 bits per heavy atom. The number of piperidine rings is 1. The number of oxazole rings is 1. The first-order chi connectivity index (χ1) is 8.81. The van der Waals surface area contributed by atoms with Crippen molar-refractivity contribution < 1.29 is 9.52 Å². The average molecular weight is 244 g/mol. The van der Waals surface area contributed by atoms with Gasteiger partial charge in [0.2, 0.25) is 0 Å². The topological polar surface area (TPSA) is 49.5 Å².